The molecule has 6 nitrogen and oxygen atoms in total. The molecule has 136 valence electrons. The van der Waals surface area contributed by atoms with Crippen LogP contribution in [0.1, 0.15) is 11.4 Å². The number of aryl methyl sites for hydroxylation is 1. The minimum Gasteiger partial charge on any atom is -0.496 e. The van der Waals surface area contributed by atoms with E-state index in [9.17, 15) is 0 Å². The molecule has 3 aromatic heterocycles. The number of aromatic nitrogens is 4. The molecule has 0 spiro atoms. The number of hydrogen-bond donors (Lipinski definition) is 2. The maximum absolute atomic E-state index is 6.56. The molecule has 4 rings (SSSR count). The first-order chi connectivity index (χ1) is 13.0. The van der Waals surface area contributed by atoms with Gasteiger partial charge in [0, 0.05) is 49.8 Å². The second kappa shape index (κ2) is 6.80. The van der Waals surface area contributed by atoms with Crippen molar-refractivity contribution in [2.45, 2.75) is 13.8 Å². The van der Waals surface area contributed by atoms with Gasteiger partial charge in [-0.3, -0.25) is 0 Å². The van der Waals surface area contributed by atoms with Crippen LogP contribution in [0.3, 0.4) is 0 Å². The highest BCUT2D eigenvalue weighted by Crippen LogP contribution is 2.39. The third-order valence-corrected chi connectivity index (χ3v) is 5.54. The number of halogens is 1. The Morgan fingerprint density at radius 2 is 1.81 bits per heavy atom. The number of nitrogen functional groups attached to an aromatic ring is 1. The van der Waals surface area contributed by atoms with Crippen molar-refractivity contribution in [1.29, 1.82) is 0 Å². The number of nitrogens with one attached hydrogen (secondary N) is 1. The zero-order valence-corrected chi connectivity index (χ0v) is 17.3. The average molecular weight is 471 g/mol. The quantitative estimate of drug-likeness (QED) is 0.430. The molecule has 3 N–H and O–H groups in total. The van der Waals surface area contributed by atoms with Crippen LogP contribution in [-0.4, -0.2) is 27.0 Å². The summed E-state index contributed by atoms with van der Waals surface area (Å²) in [7, 11) is 1.67. The van der Waals surface area contributed by atoms with Gasteiger partial charge in [0.2, 0.25) is 0 Å². The van der Waals surface area contributed by atoms with Crippen LogP contribution in [0.4, 0.5) is 5.69 Å². The lowest BCUT2D eigenvalue weighted by Crippen LogP contribution is -1.98. The van der Waals surface area contributed by atoms with E-state index < -0.39 is 0 Å². The molecule has 0 aliphatic carbocycles. The first kappa shape index (κ1) is 17.7. The molecule has 7 heteroatoms. The first-order valence-electron chi connectivity index (χ1n) is 8.39. The van der Waals surface area contributed by atoms with Gasteiger partial charge in [0.15, 0.2) is 0 Å². The Morgan fingerprint density at radius 3 is 2.52 bits per heavy atom. The van der Waals surface area contributed by atoms with Gasteiger partial charge in [-0.2, -0.15) is 0 Å². The molecule has 0 radical (unpaired) electrons. The SMILES string of the molecule is COc1ccc(I)c(-c2cnc3[nH]c(-c4cnc(C)nc4)cc3c2N)c1C. The van der Waals surface area contributed by atoms with Crippen LogP contribution < -0.4 is 10.5 Å². The molecule has 27 heavy (non-hydrogen) atoms. The van der Waals surface area contributed by atoms with E-state index in [1.807, 2.05) is 38.2 Å². The summed E-state index contributed by atoms with van der Waals surface area (Å²) in [6, 6.07) is 5.99. The van der Waals surface area contributed by atoms with Gasteiger partial charge in [-0.1, -0.05) is 0 Å². The zero-order chi connectivity index (χ0) is 19.1. The summed E-state index contributed by atoms with van der Waals surface area (Å²) in [5.74, 6) is 1.56. The highest BCUT2D eigenvalue weighted by molar-refractivity contribution is 14.1. The van der Waals surface area contributed by atoms with Crippen molar-refractivity contribution in [1.82, 2.24) is 19.9 Å². The fourth-order valence-electron chi connectivity index (χ4n) is 3.19. The molecule has 0 saturated heterocycles. The Morgan fingerprint density at radius 1 is 1.07 bits per heavy atom. The molecule has 0 bridgehead atoms. The maximum atomic E-state index is 6.56. The molecule has 0 atom stereocenters. The third-order valence-electron chi connectivity index (χ3n) is 4.65. The number of nitrogens with zero attached hydrogens (tertiary/aromatic N) is 3. The van der Waals surface area contributed by atoms with E-state index in [0.717, 1.165) is 54.1 Å². The van der Waals surface area contributed by atoms with Gasteiger partial charge in [0.25, 0.3) is 0 Å². The summed E-state index contributed by atoms with van der Waals surface area (Å²) in [5, 5.41) is 0.876. The lowest BCUT2D eigenvalue weighted by Gasteiger charge is -2.14. The number of hydrogen-bond acceptors (Lipinski definition) is 5. The monoisotopic (exact) mass is 471 g/mol. The summed E-state index contributed by atoms with van der Waals surface area (Å²) in [5.41, 5.74) is 12.7. The molecule has 0 aliphatic rings. The number of ether oxygens (including phenoxy) is 1. The number of rotatable bonds is 3. The van der Waals surface area contributed by atoms with E-state index in [-0.39, 0.29) is 0 Å². The standard InChI is InChI=1S/C20H18IN5O/c1-10-17(27-3)5-4-15(21)18(10)14-9-25-20-13(19(14)22)6-16(26-20)12-7-23-11(2)24-8-12/h4-9H,1-3H3,(H3,22,25,26). The number of fused-ring (bicyclic) bond motifs is 1. The van der Waals surface area contributed by atoms with Crippen molar-refractivity contribution in [2.75, 3.05) is 12.8 Å². The summed E-state index contributed by atoms with van der Waals surface area (Å²) in [4.78, 5) is 16.4. The van der Waals surface area contributed by atoms with Crippen LogP contribution in [-0.2, 0) is 0 Å². The summed E-state index contributed by atoms with van der Waals surface area (Å²) in [6.07, 6.45) is 5.39. The van der Waals surface area contributed by atoms with Crippen molar-refractivity contribution < 1.29 is 4.74 Å². The van der Waals surface area contributed by atoms with Crippen molar-refractivity contribution in [3.05, 3.63) is 51.7 Å². The van der Waals surface area contributed by atoms with Crippen LogP contribution in [0, 0.1) is 17.4 Å². The highest BCUT2D eigenvalue weighted by atomic mass is 127. The molecule has 0 fully saturated rings. The third kappa shape index (κ3) is 3.01. The number of anilines is 1. The largest absolute Gasteiger partial charge is 0.496 e. The molecule has 0 unspecified atom stereocenters. The molecular formula is C20H18IN5O. The number of benzene rings is 1. The Labute approximate surface area is 170 Å². The van der Waals surface area contributed by atoms with Gasteiger partial charge in [0.1, 0.15) is 17.2 Å². The van der Waals surface area contributed by atoms with E-state index in [1.165, 1.54) is 0 Å². The highest BCUT2D eigenvalue weighted by Gasteiger charge is 2.17. The zero-order valence-electron chi connectivity index (χ0n) is 15.2. The number of nitrogens with two attached hydrogens (primary N) is 1. The number of aromatic amines is 1. The maximum Gasteiger partial charge on any atom is 0.139 e. The van der Waals surface area contributed by atoms with Crippen LogP contribution in [0.5, 0.6) is 5.75 Å². The van der Waals surface area contributed by atoms with Crippen LogP contribution in [0.15, 0.2) is 36.8 Å². The normalized spacial score (nSPS) is 11.1. The molecular weight excluding hydrogens is 453 g/mol. The molecule has 0 saturated carbocycles. The molecule has 0 amide bonds. The van der Waals surface area contributed by atoms with Crippen LogP contribution in [0.2, 0.25) is 0 Å². The molecule has 4 aromatic rings. The van der Waals surface area contributed by atoms with Crippen molar-refractivity contribution in [3.8, 4) is 28.1 Å². The van der Waals surface area contributed by atoms with E-state index in [4.69, 9.17) is 10.5 Å². The first-order valence-corrected chi connectivity index (χ1v) is 9.47. The lowest BCUT2D eigenvalue weighted by atomic mass is 9.99. The molecule has 3 heterocycles. The van der Waals surface area contributed by atoms with E-state index in [0.29, 0.717) is 5.69 Å². The Kier molecular flexibility index (Phi) is 4.47. The van der Waals surface area contributed by atoms with Gasteiger partial charge in [-0.15, -0.1) is 0 Å². The second-order valence-corrected chi connectivity index (χ2v) is 7.46. The summed E-state index contributed by atoms with van der Waals surface area (Å²) >= 11 is 2.32. The van der Waals surface area contributed by atoms with Crippen LogP contribution in [0.25, 0.3) is 33.4 Å². The Hall–Kier alpha value is -2.68. The fourth-order valence-corrected chi connectivity index (χ4v) is 4.07. The van der Waals surface area contributed by atoms with Crippen molar-refractivity contribution >= 4 is 39.3 Å². The minimum absolute atomic E-state index is 0.685. The van der Waals surface area contributed by atoms with Gasteiger partial charge in [-0.05, 0) is 54.6 Å². The fraction of sp³-hybridized carbons (Fsp3) is 0.150. The minimum atomic E-state index is 0.685. The lowest BCUT2D eigenvalue weighted by molar-refractivity contribution is 0.412. The second-order valence-electron chi connectivity index (χ2n) is 6.30. The molecule has 0 aliphatic heterocycles. The Bertz CT molecular complexity index is 1150. The topological polar surface area (TPSA) is 89.7 Å². The smallest absolute Gasteiger partial charge is 0.139 e. The van der Waals surface area contributed by atoms with Gasteiger partial charge in [-0.25, -0.2) is 15.0 Å². The van der Waals surface area contributed by atoms with Gasteiger partial charge in [0.05, 0.1) is 18.5 Å². The molecule has 1 aromatic carbocycles. The van der Waals surface area contributed by atoms with Crippen molar-refractivity contribution in [2.24, 2.45) is 0 Å². The average Bonchev–Trinajstić information content (AvgIpc) is 3.09. The summed E-state index contributed by atoms with van der Waals surface area (Å²) < 4.78 is 6.57. The van der Waals surface area contributed by atoms with Crippen molar-refractivity contribution in [3.63, 3.8) is 0 Å². The van der Waals surface area contributed by atoms with Crippen LogP contribution >= 0.6 is 22.6 Å². The van der Waals surface area contributed by atoms with E-state index >= 15 is 0 Å². The van der Waals surface area contributed by atoms with E-state index in [1.54, 1.807) is 19.5 Å². The van der Waals surface area contributed by atoms with E-state index in [2.05, 4.69) is 42.5 Å². The summed E-state index contributed by atoms with van der Waals surface area (Å²) in [6.45, 7) is 3.89. The predicted molar refractivity (Wildman–Crippen MR) is 116 cm³/mol. The predicted octanol–water partition coefficient (Wildman–Crippen LogP) is 4.50. The van der Waals surface area contributed by atoms with Gasteiger partial charge >= 0.3 is 0 Å². The number of methoxy groups -OCH3 is 1. The van der Waals surface area contributed by atoms with Gasteiger partial charge < -0.3 is 15.5 Å². The Balaban J connectivity index is 1.90. The number of H-pyrrole nitrogens is 1. The number of pyridine rings is 1.